The normalized spacial score (nSPS) is 16.7. The van der Waals surface area contributed by atoms with Gasteiger partial charge in [0.2, 0.25) is 5.91 Å². The van der Waals surface area contributed by atoms with Crippen LogP contribution in [0.5, 0.6) is 0 Å². The van der Waals surface area contributed by atoms with Crippen LogP contribution in [0, 0.1) is 13.8 Å². The van der Waals surface area contributed by atoms with Crippen molar-refractivity contribution < 1.29 is 4.79 Å². The minimum atomic E-state index is 0.131. The number of piperazine rings is 1. The SMILES string of the molecule is Cc1ccc(CCC(=O)NCC(c2ccc(C)cc2)N2CCN(C)CC2)cc1. The second kappa shape index (κ2) is 9.85. The first-order valence-electron chi connectivity index (χ1n) is 10.3. The van der Waals surface area contributed by atoms with Gasteiger partial charge in [-0.1, -0.05) is 59.7 Å². The molecule has 1 fully saturated rings. The third kappa shape index (κ3) is 5.91. The largest absolute Gasteiger partial charge is 0.354 e. The molecule has 0 saturated carbocycles. The topological polar surface area (TPSA) is 35.6 Å². The molecule has 0 bridgehead atoms. The number of benzene rings is 2. The molecule has 0 aromatic heterocycles. The van der Waals surface area contributed by atoms with E-state index in [1.807, 2.05) is 0 Å². The van der Waals surface area contributed by atoms with Gasteiger partial charge in [0.15, 0.2) is 0 Å². The Hall–Kier alpha value is -2.17. The Labute approximate surface area is 169 Å². The van der Waals surface area contributed by atoms with Crippen LogP contribution in [-0.4, -0.2) is 55.5 Å². The molecule has 1 heterocycles. The van der Waals surface area contributed by atoms with E-state index in [1.54, 1.807) is 0 Å². The van der Waals surface area contributed by atoms with E-state index in [4.69, 9.17) is 0 Å². The zero-order valence-electron chi connectivity index (χ0n) is 17.4. The van der Waals surface area contributed by atoms with Crippen molar-refractivity contribution in [3.8, 4) is 0 Å². The van der Waals surface area contributed by atoms with Crippen molar-refractivity contribution in [3.05, 3.63) is 70.8 Å². The van der Waals surface area contributed by atoms with Crippen molar-refractivity contribution in [2.45, 2.75) is 32.7 Å². The van der Waals surface area contributed by atoms with Crippen LogP contribution in [0.1, 0.15) is 34.7 Å². The highest BCUT2D eigenvalue weighted by Crippen LogP contribution is 2.22. The highest BCUT2D eigenvalue weighted by atomic mass is 16.1. The Morgan fingerprint density at radius 3 is 2.11 bits per heavy atom. The Bertz CT molecular complexity index is 746. The molecule has 3 rings (SSSR count). The van der Waals surface area contributed by atoms with E-state index in [1.165, 1.54) is 22.3 Å². The van der Waals surface area contributed by atoms with Gasteiger partial charge >= 0.3 is 0 Å². The standard InChI is InChI=1S/C24H33N3O/c1-19-4-8-21(9-5-19)10-13-24(28)25-18-23(22-11-6-20(2)7-12-22)27-16-14-26(3)15-17-27/h4-9,11-12,23H,10,13-18H2,1-3H3,(H,25,28). The Kier molecular flexibility index (Phi) is 7.24. The van der Waals surface area contributed by atoms with Gasteiger partial charge in [0.1, 0.15) is 0 Å². The van der Waals surface area contributed by atoms with E-state index in [-0.39, 0.29) is 11.9 Å². The average molecular weight is 380 g/mol. The lowest BCUT2D eigenvalue weighted by molar-refractivity contribution is -0.121. The number of likely N-dealkylation sites (N-methyl/N-ethyl adjacent to an activating group) is 1. The summed E-state index contributed by atoms with van der Waals surface area (Å²) in [5.41, 5.74) is 5.02. The van der Waals surface area contributed by atoms with E-state index >= 15 is 0 Å². The molecule has 1 atom stereocenters. The first-order valence-corrected chi connectivity index (χ1v) is 10.3. The summed E-state index contributed by atoms with van der Waals surface area (Å²) in [6, 6.07) is 17.4. The van der Waals surface area contributed by atoms with Gasteiger partial charge in [-0.05, 0) is 38.4 Å². The lowest BCUT2D eigenvalue weighted by Crippen LogP contribution is -2.48. The lowest BCUT2D eigenvalue weighted by Gasteiger charge is -2.38. The van der Waals surface area contributed by atoms with Crippen molar-refractivity contribution in [2.24, 2.45) is 0 Å². The second-order valence-electron chi connectivity index (χ2n) is 8.06. The zero-order chi connectivity index (χ0) is 19.9. The second-order valence-corrected chi connectivity index (χ2v) is 8.06. The molecule has 1 saturated heterocycles. The summed E-state index contributed by atoms with van der Waals surface area (Å²) in [5.74, 6) is 0.131. The van der Waals surface area contributed by atoms with Gasteiger partial charge in [-0.25, -0.2) is 0 Å². The maximum absolute atomic E-state index is 12.5. The summed E-state index contributed by atoms with van der Waals surface area (Å²) in [5, 5.41) is 3.19. The number of hydrogen-bond acceptors (Lipinski definition) is 3. The summed E-state index contributed by atoms with van der Waals surface area (Å²) >= 11 is 0. The van der Waals surface area contributed by atoms with Gasteiger partial charge in [0.25, 0.3) is 0 Å². The number of hydrogen-bond donors (Lipinski definition) is 1. The molecule has 4 heteroatoms. The lowest BCUT2D eigenvalue weighted by atomic mass is 10.0. The minimum Gasteiger partial charge on any atom is -0.354 e. The van der Waals surface area contributed by atoms with Crippen LogP contribution in [0.15, 0.2) is 48.5 Å². The summed E-state index contributed by atoms with van der Waals surface area (Å²) in [6.07, 6.45) is 1.32. The zero-order valence-corrected chi connectivity index (χ0v) is 17.4. The third-order valence-corrected chi connectivity index (χ3v) is 5.69. The Morgan fingerprint density at radius 2 is 1.50 bits per heavy atom. The number of nitrogens with zero attached hydrogens (tertiary/aromatic N) is 2. The van der Waals surface area contributed by atoms with Gasteiger partial charge in [0, 0.05) is 39.1 Å². The van der Waals surface area contributed by atoms with Gasteiger partial charge in [-0.2, -0.15) is 0 Å². The molecule has 28 heavy (non-hydrogen) atoms. The fraction of sp³-hybridized carbons (Fsp3) is 0.458. The quantitative estimate of drug-likeness (QED) is 0.801. The summed E-state index contributed by atoms with van der Waals surface area (Å²) in [4.78, 5) is 17.3. The fourth-order valence-electron chi connectivity index (χ4n) is 3.69. The fourth-order valence-corrected chi connectivity index (χ4v) is 3.69. The van der Waals surface area contributed by atoms with Crippen LogP contribution in [0.25, 0.3) is 0 Å². The molecular formula is C24H33N3O. The van der Waals surface area contributed by atoms with Gasteiger partial charge in [-0.3, -0.25) is 9.69 Å². The molecule has 150 valence electrons. The van der Waals surface area contributed by atoms with Crippen LogP contribution >= 0.6 is 0 Å². The minimum absolute atomic E-state index is 0.131. The van der Waals surface area contributed by atoms with Crippen LogP contribution in [-0.2, 0) is 11.2 Å². The van der Waals surface area contributed by atoms with E-state index in [0.29, 0.717) is 13.0 Å². The van der Waals surface area contributed by atoms with Crippen molar-refractivity contribution in [3.63, 3.8) is 0 Å². The number of carbonyl (C=O) groups excluding carboxylic acids is 1. The number of amides is 1. The average Bonchev–Trinajstić information content (AvgIpc) is 2.70. The first-order chi connectivity index (χ1) is 13.5. The summed E-state index contributed by atoms with van der Waals surface area (Å²) in [7, 11) is 2.17. The van der Waals surface area contributed by atoms with Crippen molar-refractivity contribution >= 4 is 5.91 Å². The predicted molar refractivity (Wildman–Crippen MR) is 115 cm³/mol. The number of nitrogens with one attached hydrogen (secondary N) is 1. The first kappa shape index (κ1) is 20.6. The molecule has 4 nitrogen and oxygen atoms in total. The van der Waals surface area contributed by atoms with Gasteiger partial charge < -0.3 is 10.2 Å². The van der Waals surface area contributed by atoms with E-state index in [0.717, 1.165) is 32.6 Å². The van der Waals surface area contributed by atoms with Crippen LogP contribution in [0.4, 0.5) is 0 Å². The molecule has 1 N–H and O–H groups in total. The molecule has 1 aliphatic heterocycles. The highest BCUT2D eigenvalue weighted by molar-refractivity contribution is 5.76. The van der Waals surface area contributed by atoms with E-state index < -0.39 is 0 Å². The number of aryl methyl sites for hydroxylation is 3. The van der Waals surface area contributed by atoms with Crippen molar-refractivity contribution in [2.75, 3.05) is 39.8 Å². The number of carbonyl (C=O) groups is 1. The van der Waals surface area contributed by atoms with E-state index in [2.05, 4.69) is 84.5 Å². The maximum atomic E-state index is 12.5. The number of rotatable bonds is 7. The van der Waals surface area contributed by atoms with Crippen LogP contribution in [0.2, 0.25) is 0 Å². The molecule has 0 radical (unpaired) electrons. The maximum Gasteiger partial charge on any atom is 0.220 e. The van der Waals surface area contributed by atoms with Crippen molar-refractivity contribution in [1.82, 2.24) is 15.1 Å². The highest BCUT2D eigenvalue weighted by Gasteiger charge is 2.24. The summed E-state index contributed by atoms with van der Waals surface area (Å²) in [6.45, 7) is 9.08. The van der Waals surface area contributed by atoms with Crippen LogP contribution < -0.4 is 5.32 Å². The van der Waals surface area contributed by atoms with E-state index in [9.17, 15) is 4.79 Å². The molecule has 1 amide bonds. The Balaban J connectivity index is 1.58. The monoisotopic (exact) mass is 379 g/mol. The molecule has 2 aromatic carbocycles. The van der Waals surface area contributed by atoms with Crippen molar-refractivity contribution in [1.29, 1.82) is 0 Å². The Morgan fingerprint density at radius 1 is 0.929 bits per heavy atom. The van der Waals surface area contributed by atoms with Gasteiger partial charge in [0.05, 0.1) is 6.04 Å². The van der Waals surface area contributed by atoms with Gasteiger partial charge in [-0.15, -0.1) is 0 Å². The third-order valence-electron chi connectivity index (χ3n) is 5.69. The predicted octanol–water partition coefficient (Wildman–Crippen LogP) is 3.34. The summed E-state index contributed by atoms with van der Waals surface area (Å²) < 4.78 is 0. The molecular weight excluding hydrogens is 346 g/mol. The molecule has 0 spiro atoms. The smallest absolute Gasteiger partial charge is 0.220 e. The molecule has 2 aromatic rings. The van der Waals surface area contributed by atoms with Crippen LogP contribution in [0.3, 0.4) is 0 Å². The molecule has 1 unspecified atom stereocenters. The molecule has 1 aliphatic rings. The molecule has 0 aliphatic carbocycles.